The Hall–Kier alpha value is -3.23. The van der Waals surface area contributed by atoms with E-state index < -0.39 is 35.5 Å². The maximum Gasteiger partial charge on any atom is 0.319 e. The lowest BCUT2D eigenvalue weighted by molar-refractivity contribution is -0.120. The second-order valence-corrected chi connectivity index (χ2v) is 6.12. The molecule has 0 aliphatic carbocycles. The van der Waals surface area contributed by atoms with Crippen LogP contribution in [0.3, 0.4) is 0 Å². The number of hydrogen-bond donors (Lipinski definition) is 3. The number of anilines is 1. The van der Waals surface area contributed by atoms with Gasteiger partial charge in [0.25, 0.3) is 0 Å². The van der Waals surface area contributed by atoms with Crippen LogP contribution in [0, 0.1) is 18.6 Å². The zero-order chi connectivity index (χ0) is 19.6. The van der Waals surface area contributed by atoms with Crippen LogP contribution in [0.2, 0.25) is 0 Å². The highest BCUT2D eigenvalue weighted by Crippen LogP contribution is 2.31. The summed E-state index contributed by atoms with van der Waals surface area (Å²) in [4.78, 5) is 28.4. The molecule has 9 heteroatoms. The van der Waals surface area contributed by atoms with Gasteiger partial charge < -0.3 is 20.7 Å². The molecule has 1 aromatic carbocycles. The van der Waals surface area contributed by atoms with Crippen molar-refractivity contribution in [3.63, 3.8) is 0 Å². The first kappa shape index (κ1) is 18.6. The Morgan fingerprint density at radius 3 is 2.59 bits per heavy atom. The van der Waals surface area contributed by atoms with Gasteiger partial charge in [0.05, 0.1) is 19.0 Å². The van der Waals surface area contributed by atoms with E-state index in [1.807, 2.05) is 0 Å². The lowest BCUT2D eigenvalue weighted by Gasteiger charge is -2.20. The number of carbonyl (C=O) groups excluding carboxylic acids is 2. The Morgan fingerprint density at radius 2 is 2.00 bits per heavy atom. The van der Waals surface area contributed by atoms with E-state index in [9.17, 15) is 18.4 Å². The van der Waals surface area contributed by atoms with E-state index in [0.29, 0.717) is 5.69 Å². The molecule has 3 rings (SSSR count). The molecule has 3 amide bonds. The number of aryl methyl sites for hydroxylation is 1. The third kappa shape index (κ3) is 3.97. The zero-order valence-electron chi connectivity index (χ0n) is 14.7. The van der Waals surface area contributed by atoms with Crippen molar-refractivity contribution in [3.8, 4) is 5.75 Å². The first-order chi connectivity index (χ1) is 12.9. The molecule has 1 aromatic heterocycles. The largest absolute Gasteiger partial charge is 0.497 e. The number of ether oxygens (including phenoxy) is 1. The molecule has 2 aromatic rings. The predicted octanol–water partition coefficient (Wildman–Crippen LogP) is 2.08. The fourth-order valence-electron chi connectivity index (χ4n) is 2.94. The van der Waals surface area contributed by atoms with Gasteiger partial charge in [0.15, 0.2) is 0 Å². The number of pyridine rings is 1. The van der Waals surface area contributed by atoms with Crippen LogP contribution < -0.4 is 20.7 Å². The number of rotatable bonds is 4. The van der Waals surface area contributed by atoms with Crippen molar-refractivity contribution >= 4 is 17.6 Å². The van der Waals surface area contributed by atoms with E-state index in [-0.39, 0.29) is 17.9 Å². The van der Waals surface area contributed by atoms with Gasteiger partial charge in [-0.15, -0.1) is 0 Å². The molecule has 1 aliphatic heterocycles. The van der Waals surface area contributed by atoms with Crippen LogP contribution in [-0.4, -0.2) is 36.6 Å². The third-order valence-corrected chi connectivity index (χ3v) is 4.30. The van der Waals surface area contributed by atoms with Gasteiger partial charge in [-0.3, -0.25) is 9.78 Å². The third-order valence-electron chi connectivity index (χ3n) is 4.30. The number of amides is 3. The molecule has 0 radical (unpaired) electrons. The summed E-state index contributed by atoms with van der Waals surface area (Å²) >= 11 is 0. The van der Waals surface area contributed by atoms with Gasteiger partial charge in [0.2, 0.25) is 5.91 Å². The Bertz CT molecular complexity index is 850. The van der Waals surface area contributed by atoms with Crippen LogP contribution >= 0.6 is 0 Å². The molecule has 27 heavy (non-hydrogen) atoms. The molecule has 1 fully saturated rings. The minimum atomic E-state index is -1.12. The van der Waals surface area contributed by atoms with E-state index in [2.05, 4.69) is 20.9 Å². The number of urea groups is 1. The highest BCUT2D eigenvalue weighted by molar-refractivity contribution is 5.95. The predicted molar refractivity (Wildman–Crippen MR) is 93.6 cm³/mol. The Kier molecular flexibility index (Phi) is 5.20. The van der Waals surface area contributed by atoms with Crippen LogP contribution in [0.15, 0.2) is 30.5 Å². The smallest absolute Gasteiger partial charge is 0.319 e. The van der Waals surface area contributed by atoms with Crippen molar-refractivity contribution in [1.82, 2.24) is 15.6 Å². The van der Waals surface area contributed by atoms with Crippen LogP contribution in [0.5, 0.6) is 5.75 Å². The lowest BCUT2D eigenvalue weighted by atomic mass is 9.93. The van der Waals surface area contributed by atoms with Gasteiger partial charge in [0.1, 0.15) is 23.4 Å². The van der Waals surface area contributed by atoms with Gasteiger partial charge in [-0.2, -0.15) is 0 Å². The second-order valence-electron chi connectivity index (χ2n) is 6.12. The van der Waals surface area contributed by atoms with Gasteiger partial charge in [-0.25, -0.2) is 13.6 Å². The number of methoxy groups -OCH3 is 1. The van der Waals surface area contributed by atoms with Gasteiger partial charge >= 0.3 is 6.03 Å². The standard InChI is InChI=1S/C18H18F2N4O3/c1-9-3-4-10(7-21-9)23-18(26)24-16-12(8-22-17(16)25)15-13(19)5-11(27-2)6-14(15)20/h3-7,12,16H,8H2,1-2H3,(H,22,25)(H2,23,24,26)/t12-,16?/m0/s1. The summed E-state index contributed by atoms with van der Waals surface area (Å²) in [5.74, 6) is -3.08. The molecule has 3 N–H and O–H groups in total. The average Bonchev–Trinajstić information content (AvgIpc) is 2.97. The summed E-state index contributed by atoms with van der Waals surface area (Å²) in [6.07, 6.45) is 1.46. The van der Waals surface area contributed by atoms with E-state index in [1.165, 1.54) is 13.3 Å². The number of halogens is 2. The molecule has 1 unspecified atom stereocenters. The number of nitrogens with one attached hydrogen (secondary N) is 3. The zero-order valence-corrected chi connectivity index (χ0v) is 14.7. The van der Waals surface area contributed by atoms with Crippen molar-refractivity contribution < 1.29 is 23.1 Å². The molecule has 1 aliphatic rings. The van der Waals surface area contributed by atoms with Crippen molar-refractivity contribution in [3.05, 3.63) is 53.4 Å². The number of hydrogen-bond acceptors (Lipinski definition) is 4. The minimum absolute atomic E-state index is 0.00393. The topological polar surface area (TPSA) is 92.4 Å². The number of nitrogens with zero attached hydrogens (tertiary/aromatic N) is 1. The van der Waals surface area contributed by atoms with E-state index in [4.69, 9.17) is 4.74 Å². The van der Waals surface area contributed by atoms with Crippen LogP contribution in [0.4, 0.5) is 19.3 Å². The summed E-state index contributed by atoms with van der Waals surface area (Å²) in [7, 11) is 1.29. The van der Waals surface area contributed by atoms with Crippen molar-refractivity contribution in [2.24, 2.45) is 0 Å². The molecule has 0 spiro atoms. The Labute approximate surface area is 154 Å². The molecule has 0 saturated carbocycles. The highest BCUT2D eigenvalue weighted by atomic mass is 19.1. The number of aromatic nitrogens is 1. The molecule has 1 saturated heterocycles. The molecule has 7 nitrogen and oxygen atoms in total. The number of benzene rings is 1. The summed E-state index contributed by atoms with van der Waals surface area (Å²) in [5.41, 5.74) is 0.924. The molecule has 2 atom stereocenters. The van der Waals surface area contributed by atoms with E-state index in [1.54, 1.807) is 19.1 Å². The summed E-state index contributed by atoms with van der Waals surface area (Å²) in [6.45, 7) is 1.80. The van der Waals surface area contributed by atoms with Crippen molar-refractivity contribution in [1.29, 1.82) is 0 Å². The SMILES string of the molecule is COc1cc(F)c([C@@H]2CNC(=O)C2NC(=O)Nc2ccc(C)nc2)c(F)c1. The fourth-order valence-corrected chi connectivity index (χ4v) is 2.94. The summed E-state index contributed by atoms with van der Waals surface area (Å²) < 4.78 is 33.6. The molecular weight excluding hydrogens is 358 g/mol. The quantitative estimate of drug-likeness (QED) is 0.762. The van der Waals surface area contributed by atoms with E-state index >= 15 is 0 Å². The maximum absolute atomic E-state index is 14.4. The Morgan fingerprint density at radius 1 is 1.30 bits per heavy atom. The highest BCUT2D eigenvalue weighted by Gasteiger charge is 2.40. The fraction of sp³-hybridized carbons (Fsp3) is 0.278. The van der Waals surface area contributed by atoms with Crippen molar-refractivity contribution in [2.45, 2.75) is 18.9 Å². The Balaban J connectivity index is 1.78. The molecule has 142 valence electrons. The van der Waals surface area contributed by atoms with Crippen molar-refractivity contribution in [2.75, 3.05) is 19.0 Å². The summed E-state index contributed by atoms with van der Waals surface area (Å²) in [5, 5.41) is 7.52. The van der Waals surface area contributed by atoms with Gasteiger partial charge in [-0.1, -0.05) is 0 Å². The van der Waals surface area contributed by atoms with Crippen LogP contribution in [-0.2, 0) is 4.79 Å². The van der Waals surface area contributed by atoms with E-state index in [0.717, 1.165) is 17.8 Å². The summed E-state index contributed by atoms with van der Waals surface area (Å²) in [6, 6.07) is 3.63. The lowest BCUT2D eigenvalue weighted by Crippen LogP contribution is -2.45. The molecular formula is C18H18F2N4O3. The van der Waals surface area contributed by atoms with Gasteiger partial charge in [-0.05, 0) is 19.1 Å². The maximum atomic E-state index is 14.4. The number of carbonyl (C=O) groups is 2. The first-order valence-electron chi connectivity index (χ1n) is 8.20. The second kappa shape index (κ2) is 7.56. The van der Waals surface area contributed by atoms with Gasteiger partial charge in [0, 0.05) is 35.9 Å². The molecule has 0 bridgehead atoms. The van der Waals surface area contributed by atoms with Crippen LogP contribution in [0.25, 0.3) is 0 Å². The normalized spacial score (nSPS) is 18.7. The van der Waals surface area contributed by atoms with Crippen LogP contribution in [0.1, 0.15) is 17.2 Å². The minimum Gasteiger partial charge on any atom is -0.497 e. The average molecular weight is 376 g/mol. The monoisotopic (exact) mass is 376 g/mol. The molecule has 2 heterocycles. The first-order valence-corrected chi connectivity index (χ1v) is 8.20.